The normalized spacial score (nSPS) is 13.6. The third-order valence-electron chi connectivity index (χ3n) is 3.92. The number of nitrogens with two attached hydrogens (primary N) is 1. The molecule has 0 amide bonds. The van der Waals surface area contributed by atoms with E-state index in [4.69, 9.17) is 11.0 Å². The first kappa shape index (κ1) is 17.3. The van der Waals surface area contributed by atoms with Gasteiger partial charge in [-0.1, -0.05) is 19.1 Å². The number of halogens is 1. The summed E-state index contributed by atoms with van der Waals surface area (Å²) in [5, 5.41) is 13.4. The topological polar surface area (TPSA) is 92.4 Å². The van der Waals surface area contributed by atoms with Gasteiger partial charge in [-0.2, -0.15) is 10.4 Å². The van der Waals surface area contributed by atoms with Crippen molar-refractivity contribution >= 4 is 17.2 Å². The van der Waals surface area contributed by atoms with Crippen LogP contribution in [0.3, 0.4) is 0 Å². The average molecular weight is 348 g/mol. The predicted molar refractivity (Wildman–Crippen MR) is 97.6 cm³/mol. The van der Waals surface area contributed by atoms with Gasteiger partial charge in [0, 0.05) is 17.7 Å². The van der Waals surface area contributed by atoms with Gasteiger partial charge >= 0.3 is 0 Å². The van der Waals surface area contributed by atoms with Crippen LogP contribution in [-0.4, -0.2) is 20.4 Å². The van der Waals surface area contributed by atoms with Gasteiger partial charge in [0.15, 0.2) is 11.6 Å². The highest BCUT2D eigenvalue weighted by Gasteiger charge is 2.15. The number of aliphatic imine (C=N–C) groups is 1. The first-order valence-corrected chi connectivity index (χ1v) is 8.01. The molecule has 2 heterocycles. The summed E-state index contributed by atoms with van der Waals surface area (Å²) < 4.78 is 14.8. The average Bonchev–Trinajstić information content (AvgIpc) is 3.10. The second-order valence-corrected chi connectivity index (χ2v) is 5.88. The zero-order valence-electron chi connectivity index (χ0n) is 14.4. The molecule has 3 aromatic rings. The minimum atomic E-state index is -0.291. The molecule has 0 aliphatic rings. The molecule has 0 bridgehead atoms. The monoisotopic (exact) mass is 348 g/mol. The lowest BCUT2D eigenvalue weighted by molar-refractivity contribution is 0.626. The second-order valence-electron chi connectivity index (χ2n) is 5.88. The van der Waals surface area contributed by atoms with Gasteiger partial charge in [0.05, 0.1) is 6.07 Å². The maximum absolute atomic E-state index is 13.2. The van der Waals surface area contributed by atoms with Crippen LogP contribution in [0, 0.1) is 17.1 Å². The van der Waals surface area contributed by atoms with Gasteiger partial charge in [0.25, 0.3) is 0 Å². The Bertz CT molecular complexity index is 1040. The van der Waals surface area contributed by atoms with Gasteiger partial charge in [0.1, 0.15) is 17.2 Å². The van der Waals surface area contributed by atoms with Crippen molar-refractivity contribution in [1.82, 2.24) is 14.6 Å². The lowest BCUT2D eigenvalue weighted by atomic mass is 10.0. The zero-order valence-corrected chi connectivity index (χ0v) is 14.4. The van der Waals surface area contributed by atoms with Crippen molar-refractivity contribution in [3.63, 3.8) is 0 Å². The third kappa shape index (κ3) is 3.59. The van der Waals surface area contributed by atoms with Crippen LogP contribution in [0.15, 0.2) is 59.2 Å². The van der Waals surface area contributed by atoms with Crippen molar-refractivity contribution in [1.29, 1.82) is 5.26 Å². The lowest BCUT2D eigenvalue weighted by Crippen LogP contribution is -2.10. The number of aromatic nitrogens is 3. The number of rotatable bonds is 4. The summed E-state index contributed by atoms with van der Waals surface area (Å²) in [5.41, 5.74) is 7.95. The molecule has 26 heavy (non-hydrogen) atoms. The molecule has 0 saturated carbocycles. The van der Waals surface area contributed by atoms with Crippen LogP contribution in [0.25, 0.3) is 5.52 Å². The number of nitriles is 1. The molecule has 0 radical (unpaired) electrons. The summed E-state index contributed by atoms with van der Waals surface area (Å²) in [6.07, 6.45) is 3.29. The molecule has 3 rings (SSSR count). The van der Waals surface area contributed by atoms with E-state index < -0.39 is 0 Å². The van der Waals surface area contributed by atoms with Crippen LogP contribution in [0.1, 0.15) is 31.2 Å². The molecule has 0 aliphatic carbocycles. The van der Waals surface area contributed by atoms with Crippen molar-refractivity contribution in [2.75, 3.05) is 0 Å². The molecule has 7 heteroatoms. The maximum Gasteiger partial charge on any atom is 0.182 e. The molecule has 1 atom stereocenters. The van der Waals surface area contributed by atoms with E-state index in [9.17, 15) is 4.39 Å². The number of hydrogen-bond donors (Lipinski definition) is 1. The molecule has 1 unspecified atom stereocenters. The van der Waals surface area contributed by atoms with Crippen LogP contribution in [0.5, 0.6) is 0 Å². The third-order valence-corrected chi connectivity index (χ3v) is 3.92. The number of allylic oxidation sites excluding steroid dienone is 1. The molecule has 1 aromatic carbocycles. The van der Waals surface area contributed by atoms with Crippen molar-refractivity contribution in [3.05, 3.63) is 71.4 Å². The quantitative estimate of drug-likeness (QED) is 0.444. The Morgan fingerprint density at radius 1 is 1.35 bits per heavy atom. The van der Waals surface area contributed by atoms with E-state index in [1.54, 1.807) is 29.8 Å². The molecule has 2 N–H and O–H groups in total. The highest BCUT2D eigenvalue weighted by atomic mass is 19.1. The molecule has 2 aromatic heterocycles. The number of amidine groups is 1. The van der Waals surface area contributed by atoms with Crippen LogP contribution in [-0.2, 0) is 0 Å². The fourth-order valence-electron chi connectivity index (χ4n) is 2.51. The number of benzene rings is 1. The Morgan fingerprint density at radius 2 is 2.08 bits per heavy atom. The summed E-state index contributed by atoms with van der Waals surface area (Å²) >= 11 is 0. The van der Waals surface area contributed by atoms with Crippen LogP contribution >= 0.6 is 0 Å². The molecular weight excluding hydrogens is 331 g/mol. The Labute approximate surface area is 150 Å². The molecule has 6 nitrogen and oxygen atoms in total. The van der Waals surface area contributed by atoms with Gasteiger partial charge in [-0.25, -0.2) is 18.9 Å². The van der Waals surface area contributed by atoms with Crippen LogP contribution < -0.4 is 5.73 Å². The largest absolute Gasteiger partial charge is 0.384 e. The fourth-order valence-corrected chi connectivity index (χ4v) is 2.51. The van der Waals surface area contributed by atoms with E-state index in [1.165, 1.54) is 18.2 Å². The molecule has 130 valence electrons. The summed E-state index contributed by atoms with van der Waals surface area (Å²) in [6.45, 7) is 3.59. The number of fused-ring (bicyclic) bond motifs is 1. The molecule has 0 fully saturated rings. The van der Waals surface area contributed by atoms with Gasteiger partial charge in [-0.3, -0.25) is 0 Å². The van der Waals surface area contributed by atoms with Crippen molar-refractivity contribution in [3.8, 4) is 6.07 Å². The summed E-state index contributed by atoms with van der Waals surface area (Å²) in [4.78, 5) is 8.87. The second kappa shape index (κ2) is 7.15. The Hall–Kier alpha value is -3.53. The van der Waals surface area contributed by atoms with E-state index >= 15 is 0 Å². The minimum absolute atomic E-state index is 0.158. The maximum atomic E-state index is 13.2. The van der Waals surface area contributed by atoms with Crippen molar-refractivity contribution in [2.24, 2.45) is 10.7 Å². The van der Waals surface area contributed by atoms with Gasteiger partial charge in [-0.15, -0.1) is 0 Å². The highest BCUT2D eigenvalue weighted by molar-refractivity contribution is 5.95. The number of nitrogens with zero attached hydrogens (tertiary/aromatic N) is 5. The van der Waals surface area contributed by atoms with Gasteiger partial charge in [0.2, 0.25) is 0 Å². The van der Waals surface area contributed by atoms with E-state index in [1.807, 2.05) is 25.1 Å². The van der Waals surface area contributed by atoms with E-state index in [-0.39, 0.29) is 17.6 Å². The summed E-state index contributed by atoms with van der Waals surface area (Å²) in [5.74, 6) is 0.682. The Morgan fingerprint density at radius 3 is 2.77 bits per heavy atom. The van der Waals surface area contributed by atoms with Crippen LogP contribution in [0.4, 0.5) is 10.2 Å². The lowest BCUT2D eigenvalue weighted by Gasteiger charge is -2.12. The fraction of sp³-hybridized carbons (Fsp3) is 0.158. The SMILES string of the molecule is CC(C#N)=CC(N)=Nc1nc(C(C)c2ccc(F)cc2)nn2cccc12. The smallest absolute Gasteiger partial charge is 0.182 e. The highest BCUT2D eigenvalue weighted by Crippen LogP contribution is 2.25. The molecule has 0 aliphatic heterocycles. The van der Waals surface area contributed by atoms with Crippen LogP contribution in [0.2, 0.25) is 0 Å². The summed E-state index contributed by atoms with van der Waals surface area (Å²) in [7, 11) is 0. The van der Waals surface area contributed by atoms with Crippen molar-refractivity contribution in [2.45, 2.75) is 19.8 Å². The van der Waals surface area contributed by atoms with Crippen molar-refractivity contribution < 1.29 is 4.39 Å². The predicted octanol–water partition coefficient (Wildman–Crippen LogP) is 3.48. The van der Waals surface area contributed by atoms with E-state index in [0.29, 0.717) is 22.7 Å². The summed E-state index contributed by atoms with van der Waals surface area (Å²) in [6, 6.07) is 11.9. The molecular formula is C19H17FN6. The first-order chi connectivity index (χ1) is 12.5. The molecule has 0 spiro atoms. The number of hydrogen-bond acceptors (Lipinski definition) is 4. The Kier molecular flexibility index (Phi) is 4.76. The minimum Gasteiger partial charge on any atom is -0.384 e. The van der Waals surface area contributed by atoms with Gasteiger partial charge < -0.3 is 5.73 Å². The first-order valence-electron chi connectivity index (χ1n) is 8.01. The Balaban J connectivity index is 2.07. The molecule has 0 saturated heterocycles. The van der Waals surface area contributed by atoms with E-state index in [0.717, 1.165) is 5.56 Å². The zero-order chi connectivity index (χ0) is 18.7. The van der Waals surface area contributed by atoms with E-state index in [2.05, 4.69) is 15.1 Å². The van der Waals surface area contributed by atoms with Gasteiger partial charge in [-0.05, 0) is 42.8 Å². The standard InChI is InChI=1S/C19H17FN6/c1-12(11-21)10-17(22)23-19-16-4-3-9-26(16)25-18(24-19)13(2)14-5-7-15(20)8-6-14/h3-10,13H,1-2H3,(H2,22,23,24,25).